The lowest BCUT2D eigenvalue weighted by atomic mass is 10.0. The molecule has 1 aliphatic heterocycles. The van der Waals surface area contributed by atoms with E-state index in [9.17, 15) is 4.79 Å². The number of nitrogens with zero attached hydrogens (tertiary/aromatic N) is 2. The Morgan fingerprint density at radius 3 is 2.81 bits per heavy atom. The third-order valence-electron chi connectivity index (χ3n) is 5.25. The van der Waals surface area contributed by atoms with Crippen LogP contribution in [0.25, 0.3) is 0 Å². The van der Waals surface area contributed by atoms with Gasteiger partial charge in [0.25, 0.3) is 5.91 Å². The summed E-state index contributed by atoms with van der Waals surface area (Å²) in [6.07, 6.45) is 5.61. The Morgan fingerprint density at radius 1 is 1.22 bits per heavy atom. The second-order valence-corrected chi connectivity index (χ2v) is 7.23. The number of rotatable bonds is 7. The molecule has 1 aromatic carbocycles. The highest BCUT2D eigenvalue weighted by Crippen LogP contribution is 2.21. The van der Waals surface area contributed by atoms with E-state index in [-0.39, 0.29) is 5.91 Å². The topological polar surface area (TPSA) is 57.3 Å². The van der Waals surface area contributed by atoms with Gasteiger partial charge in [-0.2, -0.15) is 0 Å². The fourth-order valence-corrected chi connectivity index (χ4v) is 3.61. The molecule has 0 aliphatic carbocycles. The Kier molecular flexibility index (Phi) is 6.82. The SMILES string of the molecule is CCNC(=O)c1cc(NCc2ccccc2CN2CCCCC2C)ccn1. The summed E-state index contributed by atoms with van der Waals surface area (Å²) in [4.78, 5) is 18.7. The number of carbonyl (C=O) groups is 1. The van der Waals surface area contributed by atoms with E-state index in [1.165, 1.54) is 36.9 Å². The Hall–Kier alpha value is -2.40. The highest BCUT2D eigenvalue weighted by Gasteiger charge is 2.19. The van der Waals surface area contributed by atoms with Crippen molar-refractivity contribution in [2.24, 2.45) is 0 Å². The molecule has 0 bridgehead atoms. The third-order valence-corrected chi connectivity index (χ3v) is 5.25. The maximum Gasteiger partial charge on any atom is 0.269 e. The van der Waals surface area contributed by atoms with Crippen LogP contribution in [0.4, 0.5) is 5.69 Å². The zero-order chi connectivity index (χ0) is 19.1. The molecule has 1 atom stereocenters. The number of likely N-dealkylation sites (tertiary alicyclic amines) is 1. The highest BCUT2D eigenvalue weighted by atomic mass is 16.1. The molecule has 144 valence electrons. The molecule has 2 aromatic rings. The Bertz CT molecular complexity index is 761. The largest absolute Gasteiger partial charge is 0.381 e. The first kappa shape index (κ1) is 19.4. The zero-order valence-corrected chi connectivity index (χ0v) is 16.4. The Balaban J connectivity index is 1.66. The van der Waals surface area contributed by atoms with E-state index < -0.39 is 0 Å². The first-order chi connectivity index (χ1) is 13.2. The summed E-state index contributed by atoms with van der Waals surface area (Å²) in [6, 6.07) is 13.0. The molecule has 3 rings (SSSR count). The molecule has 27 heavy (non-hydrogen) atoms. The number of piperidine rings is 1. The van der Waals surface area contributed by atoms with E-state index in [1.807, 2.05) is 13.0 Å². The number of nitrogens with one attached hydrogen (secondary N) is 2. The first-order valence-electron chi connectivity index (χ1n) is 9.96. The molecule has 1 amide bonds. The van der Waals surface area contributed by atoms with Gasteiger partial charge in [-0.15, -0.1) is 0 Å². The number of hydrogen-bond donors (Lipinski definition) is 2. The van der Waals surface area contributed by atoms with Crippen LogP contribution in [-0.2, 0) is 13.1 Å². The quantitative estimate of drug-likeness (QED) is 0.782. The van der Waals surface area contributed by atoms with Gasteiger partial charge in [-0.05, 0) is 56.5 Å². The van der Waals surface area contributed by atoms with Crippen LogP contribution in [0.5, 0.6) is 0 Å². The van der Waals surface area contributed by atoms with Crippen LogP contribution in [0, 0.1) is 0 Å². The first-order valence-corrected chi connectivity index (χ1v) is 9.96. The maximum absolute atomic E-state index is 12.0. The van der Waals surface area contributed by atoms with Gasteiger partial charge >= 0.3 is 0 Å². The number of amides is 1. The summed E-state index contributed by atoms with van der Waals surface area (Å²) in [6.45, 7) is 7.75. The van der Waals surface area contributed by atoms with Gasteiger partial charge in [0, 0.05) is 37.6 Å². The standard InChI is InChI=1S/C22H30N4O/c1-3-23-22(27)21-14-20(11-12-24-21)25-15-18-9-4-5-10-19(18)16-26-13-7-6-8-17(26)2/h4-5,9-12,14,17H,3,6-8,13,15-16H2,1-2H3,(H,23,27)(H,24,25). The van der Waals surface area contributed by atoms with Crippen LogP contribution in [-0.4, -0.2) is 34.9 Å². The third kappa shape index (κ3) is 5.30. The van der Waals surface area contributed by atoms with Crippen molar-refractivity contribution < 1.29 is 4.79 Å². The predicted molar refractivity (Wildman–Crippen MR) is 110 cm³/mol. The number of benzene rings is 1. The summed E-state index contributed by atoms with van der Waals surface area (Å²) in [5.74, 6) is -0.138. The monoisotopic (exact) mass is 366 g/mol. The molecular formula is C22H30N4O. The second kappa shape index (κ2) is 9.51. The molecule has 1 saturated heterocycles. The molecule has 2 heterocycles. The van der Waals surface area contributed by atoms with Gasteiger partial charge in [0.15, 0.2) is 0 Å². The maximum atomic E-state index is 12.0. The van der Waals surface area contributed by atoms with E-state index >= 15 is 0 Å². The van der Waals surface area contributed by atoms with Gasteiger partial charge in [-0.3, -0.25) is 14.7 Å². The Labute approximate surface area is 162 Å². The number of pyridine rings is 1. The summed E-state index contributed by atoms with van der Waals surface area (Å²) in [5, 5.41) is 6.24. The van der Waals surface area contributed by atoms with Gasteiger partial charge in [0.1, 0.15) is 5.69 Å². The van der Waals surface area contributed by atoms with Crippen LogP contribution in [0.1, 0.15) is 54.7 Å². The van der Waals surface area contributed by atoms with Gasteiger partial charge in [0.05, 0.1) is 0 Å². The van der Waals surface area contributed by atoms with Gasteiger partial charge in [-0.1, -0.05) is 30.7 Å². The number of anilines is 1. The van der Waals surface area contributed by atoms with Crippen LogP contribution in [0.15, 0.2) is 42.6 Å². The van der Waals surface area contributed by atoms with Crippen molar-refractivity contribution in [3.8, 4) is 0 Å². The van der Waals surface area contributed by atoms with Gasteiger partial charge in [-0.25, -0.2) is 0 Å². The van der Waals surface area contributed by atoms with Crippen molar-refractivity contribution >= 4 is 11.6 Å². The van der Waals surface area contributed by atoms with E-state index in [1.54, 1.807) is 12.3 Å². The zero-order valence-electron chi connectivity index (χ0n) is 16.4. The number of carbonyl (C=O) groups excluding carboxylic acids is 1. The summed E-state index contributed by atoms with van der Waals surface area (Å²) in [5.41, 5.74) is 4.02. The molecule has 1 fully saturated rings. The van der Waals surface area contributed by atoms with Crippen LogP contribution < -0.4 is 10.6 Å². The lowest BCUT2D eigenvalue weighted by Crippen LogP contribution is -2.37. The smallest absolute Gasteiger partial charge is 0.269 e. The van der Waals surface area contributed by atoms with Gasteiger partial charge in [0.2, 0.25) is 0 Å². The van der Waals surface area contributed by atoms with Gasteiger partial charge < -0.3 is 10.6 Å². The fourth-order valence-electron chi connectivity index (χ4n) is 3.61. The van der Waals surface area contributed by atoms with E-state index in [0.717, 1.165) is 18.8 Å². The minimum absolute atomic E-state index is 0.138. The number of hydrogen-bond acceptors (Lipinski definition) is 4. The highest BCUT2D eigenvalue weighted by molar-refractivity contribution is 5.93. The van der Waals surface area contributed by atoms with Crippen molar-refractivity contribution in [3.63, 3.8) is 0 Å². The second-order valence-electron chi connectivity index (χ2n) is 7.23. The van der Waals surface area contributed by atoms with Crippen molar-refractivity contribution in [2.75, 3.05) is 18.4 Å². The summed E-state index contributed by atoms with van der Waals surface area (Å²) in [7, 11) is 0. The molecule has 5 heteroatoms. The molecular weight excluding hydrogens is 336 g/mol. The lowest BCUT2D eigenvalue weighted by Gasteiger charge is -2.33. The molecule has 1 aromatic heterocycles. The molecule has 0 saturated carbocycles. The molecule has 1 unspecified atom stereocenters. The van der Waals surface area contributed by atoms with Crippen LogP contribution in [0.3, 0.4) is 0 Å². The lowest BCUT2D eigenvalue weighted by molar-refractivity contribution is 0.0951. The normalized spacial score (nSPS) is 17.5. The van der Waals surface area contributed by atoms with Crippen molar-refractivity contribution in [1.82, 2.24) is 15.2 Å². The summed E-state index contributed by atoms with van der Waals surface area (Å²) >= 11 is 0. The van der Waals surface area contributed by atoms with Crippen molar-refractivity contribution in [3.05, 3.63) is 59.4 Å². The van der Waals surface area contributed by atoms with E-state index in [4.69, 9.17) is 0 Å². The fraction of sp³-hybridized carbons (Fsp3) is 0.455. The van der Waals surface area contributed by atoms with Crippen molar-refractivity contribution in [1.29, 1.82) is 0 Å². The molecule has 0 spiro atoms. The molecule has 5 nitrogen and oxygen atoms in total. The average Bonchev–Trinajstić information content (AvgIpc) is 2.69. The average molecular weight is 367 g/mol. The Morgan fingerprint density at radius 2 is 2.04 bits per heavy atom. The van der Waals surface area contributed by atoms with E-state index in [2.05, 4.69) is 51.7 Å². The molecule has 2 N–H and O–H groups in total. The molecule has 0 radical (unpaired) electrons. The minimum atomic E-state index is -0.138. The van der Waals surface area contributed by atoms with Crippen LogP contribution in [0.2, 0.25) is 0 Å². The number of aromatic nitrogens is 1. The van der Waals surface area contributed by atoms with E-state index in [0.29, 0.717) is 18.3 Å². The predicted octanol–water partition coefficient (Wildman–Crippen LogP) is 3.82. The van der Waals surface area contributed by atoms with Crippen LogP contribution >= 0.6 is 0 Å². The minimum Gasteiger partial charge on any atom is -0.381 e. The molecule has 1 aliphatic rings. The van der Waals surface area contributed by atoms with Crippen molar-refractivity contribution in [2.45, 2.75) is 52.2 Å². The summed E-state index contributed by atoms with van der Waals surface area (Å²) < 4.78 is 0.